The maximum atomic E-state index is 12.5. The summed E-state index contributed by atoms with van der Waals surface area (Å²) in [6.45, 7) is 5.80. The number of thiazole rings is 1. The van der Waals surface area contributed by atoms with Gasteiger partial charge in [-0.15, -0.1) is 57.7 Å². The van der Waals surface area contributed by atoms with E-state index >= 15 is 0 Å². The standard InChI is InChI=1S/C15H21Cl4NOS/c1-8(13(16)17)6-11(15-20-4-5-22-15)10(3)12(21)7-9(2)14(18)19/h4-5,8-11,13-14H,6-7H2,1-3H3. The molecule has 0 fully saturated rings. The molecule has 126 valence electrons. The molecule has 0 aliphatic carbocycles. The first kappa shape index (κ1) is 20.5. The number of halogens is 4. The Morgan fingerprint density at radius 1 is 1.14 bits per heavy atom. The Bertz CT molecular complexity index is 452. The van der Waals surface area contributed by atoms with Crippen molar-refractivity contribution in [1.29, 1.82) is 0 Å². The third-order valence-corrected chi connectivity index (χ3v) is 6.52. The highest BCUT2D eigenvalue weighted by Gasteiger charge is 2.31. The molecule has 0 saturated heterocycles. The minimum atomic E-state index is -0.538. The van der Waals surface area contributed by atoms with Crippen molar-refractivity contribution in [3.8, 4) is 0 Å². The van der Waals surface area contributed by atoms with Crippen LogP contribution in [0.4, 0.5) is 0 Å². The van der Waals surface area contributed by atoms with Gasteiger partial charge >= 0.3 is 0 Å². The van der Waals surface area contributed by atoms with E-state index in [0.717, 1.165) is 11.4 Å². The van der Waals surface area contributed by atoms with E-state index in [2.05, 4.69) is 4.98 Å². The number of carbonyl (C=O) groups is 1. The number of ketones is 1. The van der Waals surface area contributed by atoms with E-state index < -0.39 is 9.67 Å². The number of rotatable bonds is 9. The lowest BCUT2D eigenvalue weighted by atomic mass is 9.82. The Hall–Kier alpha value is 0.460. The maximum absolute atomic E-state index is 12.5. The molecule has 4 unspecified atom stereocenters. The smallest absolute Gasteiger partial charge is 0.136 e. The molecule has 1 aromatic heterocycles. The van der Waals surface area contributed by atoms with Crippen molar-refractivity contribution in [2.45, 2.75) is 49.2 Å². The number of nitrogens with zero attached hydrogens (tertiary/aromatic N) is 1. The first-order valence-corrected chi connectivity index (χ1v) is 9.85. The summed E-state index contributed by atoms with van der Waals surface area (Å²) in [6.07, 6.45) is 2.84. The quantitative estimate of drug-likeness (QED) is 0.466. The molecule has 0 saturated carbocycles. The SMILES string of the molecule is CC(CC(=O)C(C)C(CC(C)C(Cl)Cl)c1nccs1)C(Cl)Cl. The molecule has 1 rings (SSSR count). The zero-order valence-electron chi connectivity index (χ0n) is 12.8. The number of carbonyl (C=O) groups excluding carboxylic acids is 1. The van der Waals surface area contributed by atoms with Gasteiger partial charge in [-0.2, -0.15) is 0 Å². The summed E-state index contributed by atoms with van der Waals surface area (Å²) >= 11 is 25.2. The van der Waals surface area contributed by atoms with Gasteiger partial charge in [-0.1, -0.05) is 20.8 Å². The first-order chi connectivity index (χ1) is 10.2. The van der Waals surface area contributed by atoms with Gasteiger partial charge in [0.05, 0.1) is 5.01 Å². The average Bonchev–Trinajstić information content (AvgIpc) is 2.97. The van der Waals surface area contributed by atoms with Gasteiger partial charge in [0, 0.05) is 29.8 Å². The molecule has 2 nitrogen and oxygen atoms in total. The molecule has 0 aliphatic heterocycles. The second-order valence-electron chi connectivity index (χ2n) is 5.80. The number of hydrogen-bond donors (Lipinski definition) is 0. The zero-order chi connectivity index (χ0) is 16.9. The van der Waals surface area contributed by atoms with Crippen LogP contribution in [0.3, 0.4) is 0 Å². The molecular weight excluding hydrogens is 384 g/mol. The summed E-state index contributed by atoms with van der Waals surface area (Å²) in [7, 11) is 0. The fourth-order valence-electron chi connectivity index (χ4n) is 2.26. The van der Waals surface area contributed by atoms with Crippen LogP contribution in [0.15, 0.2) is 11.6 Å². The Labute approximate surface area is 156 Å². The van der Waals surface area contributed by atoms with E-state index in [1.807, 2.05) is 26.2 Å². The van der Waals surface area contributed by atoms with Gasteiger partial charge in [0.1, 0.15) is 15.5 Å². The van der Waals surface area contributed by atoms with Crippen LogP contribution >= 0.6 is 57.7 Å². The molecule has 0 amide bonds. The Morgan fingerprint density at radius 3 is 2.18 bits per heavy atom. The second kappa shape index (κ2) is 9.68. The summed E-state index contributed by atoms with van der Waals surface area (Å²) in [6, 6.07) is 0. The third-order valence-electron chi connectivity index (χ3n) is 3.89. The first-order valence-electron chi connectivity index (χ1n) is 7.22. The van der Waals surface area contributed by atoms with E-state index in [0.29, 0.717) is 6.42 Å². The predicted molar refractivity (Wildman–Crippen MR) is 97.6 cm³/mol. The van der Waals surface area contributed by atoms with Crippen molar-refractivity contribution in [2.75, 3.05) is 0 Å². The van der Waals surface area contributed by atoms with Gasteiger partial charge in [-0.3, -0.25) is 4.79 Å². The lowest BCUT2D eigenvalue weighted by Gasteiger charge is -2.26. The predicted octanol–water partition coefficient (Wildman–Crippen LogP) is 6.09. The van der Waals surface area contributed by atoms with E-state index in [1.54, 1.807) is 17.5 Å². The highest BCUT2D eigenvalue weighted by Crippen LogP contribution is 2.36. The Morgan fingerprint density at radius 2 is 1.73 bits per heavy atom. The lowest BCUT2D eigenvalue weighted by Crippen LogP contribution is -2.25. The Balaban J connectivity index is 2.84. The normalized spacial score (nSPS) is 17.5. The molecule has 0 aliphatic rings. The van der Waals surface area contributed by atoms with Crippen molar-refractivity contribution in [2.24, 2.45) is 17.8 Å². The molecule has 0 N–H and O–H groups in total. The number of hydrogen-bond acceptors (Lipinski definition) is 3. The van der Waals surface area contributed by atoms with Gasteiger partial charge in [0.15, 0.2) is 0 Å². The van der Waals surface area contributed by atoms with Crippen LogP contribution in [0.5, 0.6) is 0 Å². The second-order valence-corrected chi connectivity index (χ2v) is 9.05. The van der Waals surface area contributed by atoms with Crippen LogP contribution in [0, 0.1) is 17.8 Å². The summed E-state index contributed by atoms with van der Waals surface area (Å²) in [5, 5.41) is 2.86. The maximum Gasteiger partial charge on any atom is 0.136 e. The van der Waals surface area contributed by atoms with Crippen LogP contribution in [0.25, 0.3) is 0 Å². The molecule has 0 bridgehead atoms. The molecule has 7 heteroatoms. The molecular formula is C15H21Cl4NOS. The number of aromatic nitrogens is 1. The van der Waals surface area contributed by atoms with E-state index in [1.165, 1.54) is 0 Å². The van der Waals surface area contributed by atoms with Crippen molar-refractivity contribution in [1.82, 2.24) is 4.98 Å². The van der Waals surface area contributed by atoms with Gasteiger partial charge in [-0.05, 0) is 18.3 Å². The minimum Gasteiger partial charge on any atom is -0.299 e. The molecule has 0 spiro atoms. The Kier molecular flexibility index (Phi) is 9.02. The van der Waals surface area contributed by atoms with Gasteiger partial charge < -0.3 is 0 Å². The van der Waals surface area contributed by atoms with E-state index in [-0.39, 0.29) is 29.5 Å². The molecule has 0 radical (unpaired) electrons. The van der Waals surface area contributed by atoms with Crippen molar-refractivity contribution >= 4 is 63.5 Å². The summed E-state index contributed by atoms with van der Waals surface area (Å²) < 4.78 is 0. The highest BCUT2D eigenvalue weighted by molar-refractivity contribution is 7.09. The summed E-state index contributed by atoms with van der Waals surface area (Å²) in [4.78, 5) is 15.9. The van der Waals surface area contributed by atoms with Gasteiger partial charge in [0.2, 0.25) is 0 Å². The van der Waals surface area contributed by atoms with Crippen LogP contribution in [-0.4, -0.2) is 20.4 Å². The van der Waals surface area contributed by atoms with Crippen LogP contribution in [0.1, 0.15) is 44.5 Å². The molecule has 1 aromatic rings. The van der Waals surface area contributed by atoms with Crippen LogP contribution < -0.4 is 0 Å². The van der Waals surface area contributed by atoms with Crippen molar-refractivity contribution in [3.63, 3.8) is 0 Å². The third kappa shape index (κ3) is 6.16. The molecule has 4 atom stereocenters. The minimum absolute atomic E-state index is 0.0128. The van der Waals surface area contributed by atoms with E-state index in [9.17, 15) is 4.79 Å². The van der Waals surface area contributed by atoms with Gasteiger partial charge in [-0.25, -0.2) is 4.98 Å². The molecule has 1 heterocycles. The topological polar surface area (TPSA) is 30.0 Å². The number of alkyl halides is 4. The van der Waals surface area contributed by atoms with Crippen LogP contribution in [0.2, 0.25) is 0 Å². The fourth-order valence-corrected chi connectivity index (χ4v) is 3.50. The van der Waals surface area contributed by atoms with Crippen molar-refractivity contribution < 1.29 is 4.79 Å². The monoisotopic (exact) mass is 403 g/mol. The van der Waals surface area contributed by atoms with Crippen molar-refractivity contribution in [3.05, 3.63) is 16.6 Å². The summed E-state index contributed by atoms with van der Waals surface area (Å²) in [5.41, 5.74) is 0. The van der Waals surface area contributed by atoms with Gasteiger partial charge in [0.25, 0.3) is 0 Å². The average molecular weight is 405 g/mol. The molecule has 22 heavy (non-hydrogen) atoms. The van der Waals surface area contributed by atoms with E-state index in [4.69, 9.17) is 46.4 Å². The van der Waals surface area contributed by atoms with Crippen LogP contribution in [-0.2, 0) is 4.79 Å². The fraction of sp³-hybridized carbons (Fsp3) is 0.733. The lowest BCUT2D eigenvalue weighted by molar-refractivity contribution is -0.123. The molecule has 0 aromatic carbocycles. The zero-order valence-corrected chi connectivity index (χ0v) is 16.6. The highest BCUT2D eigenvalue weighted by atomic mass is 35.5. The summed E-state index contributed by atoms with van der Waals surface area (Å²) in [5.74, 6) is 0.000996. The number of Topliss-reactive ketones (excluding diaryl/α,β-unsaturated/α-hetero) is 1. The largest absolute Gasteiger partial charge is 0.299 e.